The molecule has 3 aromatic rings. The minimum Gasteiger partial charge on any atom is -0.326 e. The molecule has 0 saturated heterocycles. The molecular weight excluding hydrogens is 640 g/mol. The number of amides is 3. The Kier molecular flexibility index (Phi) is 9.10. The Morgan fingerprint density at radius 3 is 2.35 bits per heavy atom. The summed E-state index contributed by atoms with van der Waals surface area (Å²) in [5.74, 6) is -6.82. The van der Waals surface area contributed by atoms with E-state index in [9.17, 15) is 36.3 Å². The van der Waals surface area contributed by atoms with Gasteiger partial charge in [-0.2, -0.15) is 13.2 Å². The molecule has 6 nitrogen and oxygen atoms in total. The number of aryl methyl sites for hydroxylation is 1. The van der Waals surface area contributed by atoms with Gasteiger partial charge < -0.3 is 16.0 Å². The van der Waals surface area contributed by atoms with Crippen molar-refractivity contribution in [1.82, 2.24) is 0 Å². The molecule has 1 aliphatic rings. The highest BCUT2D eigenvalue weighted by Crippen LogP contribution is 2.65. The molecule has 0 unspecified atom stereocenters. The van der Waals surface area contributed by atoms with Crippen molar-refractivity contribution in [3.8, 4) is 0 Å². The molecule has 0 heterocycles. The first kappa shape index (κ1) is 32.2. The molecule has 1 fully saturated rings. The molecule has 3 amide bonds. The third-order valence-electron chi connectivity index (χ3n) is 6.53. The van der Waals surface area contributed by atoms with Crippen LogP contribution >= 0.6 is 34.8 Å². The van der Waals surface area contributed by atoms with Crippen LogP contribution in [0.25, 0.3) is 0 Å². The number of nitrogens with one attached hydrogen (secondary N) is 3. The van der Waals surface area contributed by atoms with E-state index in [0.29, 0.717) is 5.56 Å². The number of benzene rings is 3. The summed E-state index contributed by atoms with van der Waals surface area (Å²) in [6.45, 7) is 4.84. The number of hydrogen-bond donors (Lipinski definition) is 3. The van der Waals surface area contributed by atoms with Crippen molar-refractivity contribution in [2.75, 3.05) is 16.0 Å². The summed E-state index contributed by atoms with van der Waals surface area (Å²) in [5, 5.41) is 6.73. The van der Waals surface area contributed by atoms with Crippen molar-refractivity contribution < 1.29 is 36.3 Å². The summed E-state index contributed by atoms with van der Waals surface area (Å²) in [6.07, 6.45) is -3.59. The summed E-state index contributed by atoms with van der Waals surface area (Å²) < 4.78 is 67.4. The lowest BCUT2D eigenvalue weighted by molar-refractivity contribution is -0.137. The third kappa shape index (κ3) is 6.95. The highest BCUT2D eigenvalue weighted by atomic mass is 35.5. The standard InChI is InChI=1S/C29H21Cl3F5N3O3/c1-3-4-21(41)40-25-19(33)7-8-20(24(25)34)39-26(42)17-12-16(5-6-18(17)30)38-27(43)23-22(28(23,31)32)14-9-13(2)10-15(11-14)29(35,36)37/h3,5-12,22-23H,1,4H2,2H3,(H,38,43)(H,39,42)(H,40,41)/t22-,23+/m0/s1. The minimum absolute atomic E-state index is 0.0477. The molecule has 0 aliphatic heterocycles. The van der Waals surface area contributed by atoms with Crippen molar-refractivity contribution in [3.63, 3.8) is 0 Å². The van der Waals surface area contributed by atoms with Crippen molar-refractivity contribution in [3.05, 3.63) is 100 Å². The Balaban J connectivity index is 1.53. The zero-order chi connectivity index (χ0) is 31.9. The van der Waals surface area contributed by atoms with E-state index in [4.69, 9.17) is 34.8 Å². The molecule has 0 aromatic heterocycles. The van der Waals surface area contributed by atoms with Crippen LogP contribution in [0, 0.1) is 24.5 Å². The van der Waals surface area contributed by atoms with Gasteiger partial charge in [-0.25, -0.2) is 8.78 Å². The zero-order valence-corrected chi connectivity index (χ0v) is 24.3. The fraction of sp³-hybridized carbons (Fsp3) is 0.207. The van der Waals surface area contributed by atoms with Crippen molar-refractivity contribution in [1.29, 1.82) is 0 Å². The maximum atomic E-state index is 14.9. The first-order chi connectivity index (χ1) is 20.0. The van der Waals surface area contributed by atoms with Gasteiger partial charge in [0.05, 0.1) is 27.8 Å². The topological polar surface area (TPSA) is 87.3 Å². The van der Waals surface area contributed by atoms with Gasteiger partial charge in [-0.15, -0.1) is 29.8 Å². The van der Waals surface area contributed by atoms with Crippen molar-refractivity contribution >= 4 is 69.6 Å². The Morgan fingerprint density at radius 2 is 1.70 bits per heavy atom. The van der Waals surface area contributed by atoms with Crippen LogP contribution in [0.1, 0.15) is 39.4 Å². The Morgan fingerprint density at radius 1 is 1.00 bits per heavy atom. The minimum atomic E-state index is -4.62. The van der Waals surface area contributed by atoms with Crippen LogP contribution < -0.4 is 16.0 Å². The van der Waals surface area contributed by atoms with E-state index in [1.54, 1.807) is 0 Å². The smallest absolute Gasteiger partial charge is 0.326 e. The molecule has 14 heteroatoms. The number of carbonyl (C=O) groups excluding carboxylic acids is 3. The predicted molar refractivity (Wildman–Crippen MR) is 155 cm³/mol. The second-order valence-corrected chi connectivity index (χ2v) is 11.6. The summed E-state index contributed by atoms with van der Waals surface area (Å²) in [6, 6.07) is 8.87. The summed E-state index contributed by atoms with van der Waals surface area (Å²) in [7, 11) is 0. The van der Waals surface area contributed by atoms with Crippen LogP contribution in [0.15, 0.2) is 61.2 Å². The van der Waals surface area contributed by atoms with Crippen LogP contribution in [0.5, 0.6) is 0 Å². The largest absolute Gasteiger partial charge is 0.416 e. The number of anilines is 3. The molecule has 3 N–H and O–H groups in total. The van der Waals surface area contributed by atoms with Crippen LogP contribution in [-0.4, -0.2) is 22.1 Å². The van der Waals surface area contributed by atoms with Gasteiger partial charge in [-0.3, -0.25) is 14.4 Å². The van der Waals surface area contributed by atoms with Gasteiger partial charge in [0.15, 0.2) is 5.82 Å². The maximum absolute atomic E-state index is 14.9. The van der Waals surface area contributed by atoms with Gasteiger partial charge in [-0.05, 0) is 55.0 Å². The van der Waals surface area contributed by atoms with Gasteiger partial charge in [0.25, 0.3) is 5.91 Å². The van der Waals surface area contributed by atoms with E-state index < -0.39 is 68.6 Å². The fourth-order valence-corrected chi connectivity index (χ4v) is 5.53. The van der Waals surface area contributed by atoms with Crippen molar-refractivity contribution in [2.24, 2.45) is 5.92 Å². The predicted octanol–water partition coefficient (Wildman–Crippen LogP) is 8.24. The molecule has 2 atom stereocenters. The monoisotopic (exact) mass is 659 g/mol. The summed E-state index contributed by atoms with van der Waals surface area (Å²) in [5.41, 5.74) is -1.90. The molecule has 226 valence electrons. The average Bonchev–Trinajstić information content (AvgIpc) is 3.50. The lowest BCUT2D eigenvalue weighted by atomic mass is 10.0. The van der Waals surface area contributed by atoms with E-state index >= 15 is 0 Å². The maximum Gasteiger partial charge on any atom is 0.416 e. The highest BCUT2D eigenvalue weighted by molar-refractivity contribution is 6.53. The molecule has 4 rings (SSSR count). The zero-order valence-electron chi connectivity index (χ0n) is 22.0. The highest BCUT2D eigenvalue weighted by Gasteiger charge is 2.67. The first-order valence-corrected chi connectivity index (χ1v) is 13.5. The number of carbonyl (C=O) groups is 3. The average molecular weight is 661 g/mol. The summed E-state index contributed by atoms with van der Waals surface area (Å²) in [4.78, 5) is 37.8. The number of hydrogen-bond acceptors (Lipinski definition) is 3. The van der Waals surface area contributed by atoms with Crippen LogP contribution in [-0.2, 0) is 15.8 Å². The van der Waals surface area contributed by atoms with Gasteiger partial charge in [0.2, 0.25) is 11.8 Å². The van der Waals surface area contributed by atoms with Gasteiger partial charge in [0, 0.05) is 18.0 Å². The number of rotatable bonds is 8. The van der Waals surface area contributed by atoms with Crippen LogP contribution in [0.2, 0.25) is 5.02 Å². The lowest BCUT2D eigenvalue weighted by Gasteiger charge is -2.13. The second-order valence-electron chi connectivity index (χ2n) is 9.72. The quantitative estimate of drug-likeness (QED) is 0.129. The number of halogens is 8. The normalized spacial score (nSPS) is 17.1. The molecule has 43 heavy (non-hydrogen) atoms. The van der Waals surface area contributed by atoms with Gasteiger partial charge >= 0.3 is 6.18 Å². The van der Waals surface area contributed by atoms with E-state index in [-0.39, 0.29) is 28.3 Å². The SMILES string of the molecule is C=CCC(=O)Nc1c(F)ccc(NC(=O)c2cc(NC(=O)[C@H]3[C@H](c4cc(C)cc(C(F)(F)F)c4)C3(Cl)Cl)ccc2Cl)c1F. The van der Waals surface area contributed by atoms with E-state index in [0.717, 1.165) is 24.3 Å². The Hall–Kier alpha value is -3.67. The Bertz CT molecular complexity index is 1650. The molecule has 0 radical (unpaired) electrons. The van der Waals surface area contributed by atoms with Crippen LogP contribution in [0.4, 0.5) is 39.0 Å². The summed E-state index contributed by atoms with van der Waals surface area (Å²) >= 11 is 18.8. The third-order valence-corrected chi connectivity index (χ3v) is 7.80. The second kappa shape index (κ2) is 12.1. The van der Waals surface area contributed by atoms with E-state index in [1.807, 2.05) is 0 Å². The van der Waals surface area contributed by atoms with Crippen molar-refractivity contribution in [2.45, 2.75) is 29.8 Å². The molecule has 3 aromatic carbocycles. The molecule has 1 saturated carbocycles. The fourth-order valence-electron chi connectivity index (χ4n) is 4.50. The lowest BCUT2D eigenvalue weighted by Crippen LogP contribution is -2.19. The van der Waals surface area contributed by atoms with Gasteiger partial charge in [-0.1, -0.05) is 29.3 Å². The van der Waals surface area contributed by atoms with Gasteiger partial charge in [0.1, 0.15) is 15.8 Å². The van der Waals surface area contributed by atoms with Crippen LogP contribution in [0.3, 0.4) is 0 Å². The molecular formula is C29H21Cl3F5N3O3. The first-order valence-electron chi connectivity index (χ1n) is 12.4. The molecule has 0 bridgehead atoms. The Labute approximate surface area is 257 Å². The molecule has 0 spiro atoms. The van der Waals surface area contributed by atoms with E-state index in [1.165, 1.54) is 37.3 Å². The molecule has 1 aliphatic carbocycles. The number of alkyl halides is 5. The van der Waals surface area contributed by atoms with E-state index in [2.05, 4.69) is 22.5 Å².